The number of halogens is 1. The van der Waals surface area contributed by atoms with Crippen LogP contribution in [-0.4, -0.2) is 24.1 Å². The quantitative estimate of drug-likeness (QED) is 0.715. The highest BCUT2D eigenvalue weighted by atomic mass is 32.2. The zero-order chi connectivity index (χ0) is 19.1. The van der Waals surface area contributed by atoms with Gasteiger partial charge in [0.15, 0.2) is 0 Å². The van der Waals surface area contributed by atoms with Crippen molar-refractivity contribution in [3.63, 3.8) is 0 Å². The SMILES string of the molecule is Cc1ccc(NS(=O)(=O)c2c(C)n(CC(=O)O)c3ccc(F)cc23)cc1. The summed E-state index contributed by atoms with van der Waals surface area (Å²) < 4.78 is 43.4. The number of fused-ring (bicyclic) bond motifs is 1. The van der Waals surface area contributed by atoms with Crippen molar-refractivity contribution in [3.05, 3.63) is 59.5 Å². The minimum absolute atomic E-state index is 0.131. The van der Waals surface area contributed by atoms with E-state index in [0.29, 0.717) is 11.2 Å². The predicted molar refractivity (Wildman–Crippen MR) is 96.3 cm³/mol. The summed E-state index contributed by atoms with van der Waals surface area (Å²) >= 11 is 0. The first-order valence-corrected chi connectivity index (χ1v) is 9.27. The van der Waals surface area contributed by atoms with Gasteiger partial charge < -0.3 is 9.67 Å². The number of carboxylic acid groups (broad SMARTS) is 1. The van der Waals surface area contributed by atoms with Gasteiger partial charge in [-0.3, -0.25) is 9.52 Å². The molecular formula is C18H17FN2O4S. The van der Waals surface area contributed by atoms with E-state index in [9.17, 15) is 17.6 Å². The molecule has 0 aliphatic heterocycles. The minimum Gasteiger partial charge on any atom is -0.480 e. The fourth-order valence-electron chi connectivity index (χ4n) is 2.93. The summed E-state index contributed by atoms with van der Waals surface area (Å²) in [6.07, 6.45) is 0. The molecule has 136 valence electrons. The number of anilines is 1. The van der Waals surface area contributed by atoms with Crippen LogP contribution in [0.2, 0.25) is 0 Å². The monoisotopic (exact) mass is 376 g/mol. The fraction of sp³-hybridized carbons (Fsp3) is 0.167. The molecule has 0 bridgehead atoms. The van der Waals surface area contributed by atoms with Gasteiger partial charge in [0.25, 0.3) is 10.0 Å². The molecule has 0 unspecified atom stereocenters. The number of aryl methyl sites for hydroxylation is 1. The zero-order valence-corrected chi connectivity index (χ0v) is 15.0. The maximum atomic E-state index is 13.7. The van der Waals surface area contributed by atoms with Gasteiger partial charge in [0.1, 0.15) is 17.3 Å². The van der Waals surface area contributed by atoms with Crippen molar-refractivity contribution in [1.82, 2.24) is 4.57 Å². The largest absolute Gasteiger partial charge is 0.480 e. The van der Waals surface area contributed by atoms with Gasteiger partial charge in [-0.2, -0.15) is 0 Å². The maximum absolute atomic E-state index is 13.7. The van der Waals surface area contributed by atoms with Crippen LogP contribution in [-0.2, 0) is 21.4 Å². The smallest absolute Gasteiger partial charge is 0.323 e. The van der Waals surface area contributed by atoms with Crippen LogP contribution in [0.5, 0.6) is 0 Å². The van der Waals surface area contributed by atoms with Crippen molar-refractivity contribution < 1.29 is 22.7 Å². The summed E-state index contributed by atoms with van der Waals surface area (Å²) in [5, 5.41) is 9.26. The number of nitrogens with one attached hydrogen (secondary N) is 1. The van der Waals surface area contributed by atoms with Crippen molar-refractivity contribution in [2.75, 3.05) is 4.72 Å². The molecule has 0 aliphatic rings. The Bertz CT molecular complexity index is 1100. The molecule has 1 heterocycles. The van der Waals surface area contributed by atoms with Crippen LogP contribution in [0.1, 0.15) is 11.3 Å². The molecule has 0 radical (unpaired) electrons. The van der Waals surface area contributed by atoms with E-state index < -0.39 is 28.4 Å². The van der Waals surface area contributed by atoms with Crippen LogP contribution in [0, 0.1) is 19.7 Å². The highest BCUT2D eigenvalue weighted by molar-refractivity contribution is 7.93. The van der Waals surface area contributed by atoms with Crippen molar-refractivity contribution >= 4 is 32.6 Å². The molecule has 1 aromatic heterocycles. The highest BCUT2D eigenvalue weighted by Gasteiger charge is 2.26. The molecule has 0 aliphatic carbocycles. The molecular weight excluding hydrogens is 359 g/mol. The van der Waals surface area contributed by atoms with Gasteiger partial charge in [0.05, 0.1) is 5.52 Å². The van der Waals surface area contributed by atoms with E-state index >= 15 is 0 Å². The Balaban J connectivity index is 2.19. The van der Waals surface area contributed by atoms with E-state index in [1.807, 2.05) is 6.92 Å². The molecule has 0 saturated heterocycles. The summed E-state index contributed by atoms with van der Waals surface area (Å²) in [5.41, 5.74) is 1.91. The topological polar surface area (TPSA) is 88.4 Å². The van der Waals surface area contributed by atoms with E-state index in [0.717, 1.165) is 11.6 Å². The zero-order valence-electron chi connectivity index (χ0n) is 14.2. The number of nitrogens with zero attached hydrogens (tertiary/aromatic N) is 1. The van der Waals surface area contributed by atoms with E-state index in [-0.39, 0.29) is 16.0 Å². The Kier molecular flexibility index (Phi) is 4.45. The molecule has 3 aromatic rings. The van der Waals surface area contributed by atoms with Gasteiger partial charge in [-0.25, -0.2) is 12.8 Å². The number of hydrogen-bond donors (Lipinski definition) is 2. The van der Waals surface area contributed by atoms with E-state index in [4.69, 9.17) is 5.11 Å². The van der Waals surface area contributed by atoms with Crippen molar-refractivity contribution in [3.8, 4) is 0 Å². The normalized spacial score (nSPS) is 11.7. The average molecular weight is 376 g/mol. The molecule has 0 amide bonds. The number of aromatic nitrogens is 1. The van der Waals surface area contributed by atoms with Gasteiger partial charge in [0, 0.05) is 16.8 Å². The third-order valence-corrected chi connectivity index (χ3v) is 5.65. The number of sulfonamides is 1. The first-order valence-electron chi connectivity index (χ1n) is 7.78. The fourth-order valence-corrected chi connectivity index (χ4v) is 4.43. The second-order valence-corrected chi connectivity index (χ2v) is 7.65. The molecule has 6 nitrogen and oxygen atoms in total. The lowest BCUT2D eigenvalue weighted by Crippen LogP contribution is -2.15. The van der Waals surface area contributed by atoms with Crippen LogP contribution in [0.25, 0.3) is 10.9 Å². The first kappa shape index (κ1) is 17.9. The van der Waals surface area contributed by atoms with Crippen LogP contribution in [0.15, 0.2) is 47.4 Å². The number of hydrogen-bond acceptors (Lipinski definition) is 3. The Hall–Kier alpha value is -2.87. The van der Waals surface area contributed by atoms with E-state index in [1.165, 1.54) is 23.6 Å². The van der Waals surface area contributed by atoms with Crippen molar-refractivity contribution in [2.24, 2.45) is 0 Å². The Morgan fingerprint density at radius 1 is 1.15 bits per heavy atom. The highest BCUT2D eigenvalue weighted by Crippen LogP contribution is 2.32. The average Bonchev–Trinajstić information content (AvgIpc) is 2.81. The molecule has 2 N–H and O–H groups in total. The first-order chi connectivity index (χ1) is 12.2. The number of carbonyl (C=O) groups is 1. The minimum atomic E-state index is -4.05. The standard InChI is InChI=1S/C18H17FN2O4S/c1-11-3-6-14(7-4-11)20-26(24,25)18-12(2)21(10-17(22)23)16-8-5-13(19)9-15(16)18/h3-9,20H,10H2,1-2H3,(H,22,23). The molecule has 0 atom stereocenters. The van der Waals surface area contributed by atoms with E-state index in [2.05, 4.69) is 4.72 Å². The van der Waals surface area contributed by atoms with Crippen molar-refractivity contribution in [1.29, 1.82) is 0 Å². The van der Waals surface area contributed by atoms with Crippen LogP contribution in [0.4, 0.5) is 10.1 Å². The van der Waals surface area contributed by atoms with Gasteiger partial charge in [0.2, 0.25) is 0 Å². The van der Waals surface area contributed by atoms with Gasteiger partial charge in [-0.1, -0.05) is 17.7 Å². The molecule has 0 fully saturated rings. The third-order valence-electron chi connectivity index (χ3n) is 4.09. The summed E-state index contributed by atoms with van der Waals surface area (Å²) in [5.74, 6) is -1.72. The van der Waals surface area contributed by atoms with Gasteiger partial charge in [-0.05, 0) is 44.2 Å². The van der Waals surface area contributed by atoms with Crippen molar-refractivity contribution in [2.45, 2.75) is 25.3 Å². The summed E-state index contributed by atoms with van der Waals surface area (Å²) in [4.78, 5) is 11.0. The van der Waals surface area contributed by atoms with E-state index in [1.54, 1.807) is 24.3 Å². The summed E-state index contributed by atoms with van der Waals surface area (Å²) in [6, 6.07) is 10.4. The Morgan fingerprint density at radius 3 is 2.42 bits per heavy atom. The Morgan fingerprint density at radius 2 is 1.81 bits per heavy atom. The summed E-state index contributed by atoms with van der Waals surface area (Å²) in [6.45, 7) is 2.96. The van der Waals surface area contributed by atoms with Crippen LogP contribution in [0.3, 0.4) is 0 Å². The summed E-state index contributed by atoms with van der Waals surface area (Å²) in [7, 11) is -4.05. The Labute approximate surface area is 149 Å². The molecule has 26 heavy (non-hydrogen) atoms. The lowest BCUT2D eigenvalue weighted by Gasteiger charge is -2.09. The lowest BCUT2D eigenvalue weighted by atomic mass is 10.2. The van der Waals surface area contributed by atoms with Gasteiger partial charge in [-0.15, -0.1) is 0 Å². The molecule has 0 saturated carbocycles. The number of benzene rings is 2. The third kappa shape index (κ3) is 3.28. The number of rotatable bonds is 5. The predicted octanol–water partition coefficient (Wildman–Crippen LogP) is 3.28. The number of aliphatic carboxylic acids is 1. The molecule has 0 spiro atoms. The second-order valence-electron chi connectivity index (χ2n) is 6.03. The maximum Gasteiger partial charge on any atom is 0.323 e. The lowest BCUT2D eigenvalue weighted by molar-refractivity contribution is -0.137. The molecule has 3 rings (SSSR count). The van der Waals surface area contributed by atoms with Gasteiger partial charge >= 0.3 is 5.97 Å². The van der Waals surface area contributed by atoms with Crippen LogP contribution < -0.4 is 4.72 Å². The second kappa shape index (κ2) is 6.45. The van der Waals surface area contributed by atoms with Crippen LogP contribution >= 0.6 is 0 Å². The molecule has 2 aromatic carbocycles. The molecule has 8 heteroatoms. The number of carboxylic acids is 1.